The van der Waals surface area contributed by atoms with Gasteiger partial charge in [0.2, 0.25) is 0 Å². The van der Waals surface area contributed by atoms with Crippen LogP contribution >= 0.6 is 0 Å². The Kier molecular flexibility index (Phi) is 3.72. The summed E-state index contributed by atoms with van der Waals surface area (Å²) in [4.78, 5) is 4.26. The highest BCUT2D eigenvalue weighted by Gasteiger charge is 2.01. The van der Waals surface area contributed by atoms with Crippen LogP contribution in [-0.4, -0.2) is 21.3 Å². The highest BCUT2D eigenvalue weighted by atomic mass is 16.5. The molecule has 17 heavy (non-hydrogen) atoms. The van der Waals surface area contributed by atoms with Crippen LogP contribution in [0.1, 0.15) is 12.6 Å². The van der Waals surface area contributed by atoms with Gasteiger partial charge in [-0.2, -0.15) is 5.10 Å². The number of hydrogen-bond donors (Lipinski definition) is 1. The third-order valence-corrected chi connectivity index (χ3v) is 2.26. The SMILES string of the molecule is CCNCc1cc(Oc2cnn(C)c2)ccn1. The van der Waals surface area contributed by atoms with Gasteiger partial charge in [-0.05, 0) is 12.6 Å². The zero-order chi connectivity index (χ0) is 12.1. The number of pyridine rings is 1. The van der Waals surface area contributed by atoms with Gasteiger partial charge in [0.05, 0.1) is 18.1 Å². The molecule has 0 amide bonds. The standard InChI is InChI=1S/C12H16N4O/c1-3-13-7-10-6-11(4-5-14-10)17-12-8-15-16(2)9-12/h4-6,8-9,13H,3,7H2,1-2H3. The molecule has 0 saturated heterocycles. The number of hydrogen-bond acceptors (Lipinski definition) is 4. The van der Waals surface area contributed by atoms with Gasteiger partial charge < -0.3 is 10.1 Å². The van der Waals surface area contributed by atoms with Gasteiger partial charge in [-0.1, -0.05) is 6.92 Å². The maximum atomic E-state index is 5.67. The lowest BCUT2D eigenvalue weighted by Crippen LogP contribution is -2.12. The molecular weight excluding hydrogens is 216 g/mol. The Morgan fingerprint density at radius 1 is 1.41 bits per heavy atom. The van der Waals surface area contributed by atoms with Gasteiger partial charge >= 0.3 is 0 Å². The Morgan fingerprint density at radius 2 is 2.29 bits per heavy atom. The van der Waals surface area contributed by atoms with E-state index in [2.05, 4.69) is 22.3 Å². The number of rotatable bonds is 5. The van der Waals surface area contributed by atoms with E-state index in [0.717, 1.165) is 30.3 Å². The molecule has 0 atom stereocenters. The van der Waals surface area contributed by atoms with Crippen LogP contribution in [0.15, 0.2) is 30.7 Å². The normalized spacial score (nSPS) is 10.5. The van der Waals surface area contributed by atoms with Gasteiger partial charge in [0.1, 0.15) is 5.75 Å². The summed E-state index contributed by atoms with van der Waals surface area (Å²) in [5, 5.41) is 7.27. The highest BCUT2D eigenvalue weighted by molar-refractivity contribution is 5.28. The van der Waals surface area contributed by atoms with Gasteiger partial charge in [-0.25, -0.2) is 0 Å². The molecule has 0 unspecified atom stereocenters. The first kappa shape index (κ1) is 11.6. The fraction of sp³-hybridized carbons (Fsp3) is 0.333. The van der Waals surface area contributed by atoms with Crippen LogP contribution in [0.5, 0.6) is 11.5 Å². The highest BCUT2D eigenvalue weighted by Crippen LogP contribution is 2.20. The van der Waals surface area contributed by atoms with Crippen LogP contribution in [0.3, 0.4) is 0 Å². The number of nitrogens with zero attached hydrogens (tertiary/aromatic N) is 3. The Labute approximate surface area is 100 Å². The van der Waals surface area contributed by atoms with Gasteiger partial charge in [0.25, 0.3) is 0 Å². The van der Waals surface area contributed by atoms with Crippen LogP contribution in [0.25, 0.3) is 0 Å². The lowest BCUT2D eigenvalue weighted by Gasteiger charge is -2.05. The lowest BCUT2D eigenvalue weighted by atomic mass is 10.3. The van der Waals surface area contributed by atoms with Crippen molar-refractivity contribution in [1.82, 2.24) is 20.1 Å². The van der Waals surface area contributed by atoms with Crippen molar-refractivity contribution < 1.29 is 4.74 Å². The quantitative estimate of drug-likeness (QED) is 0.852. The number of aryl methyl sites for hydroxylation is 1. The number of ether oxygens (including phenoxy) is 1. The van der Waals surface area contributed by atoms with Gasteiger partial charge in [-0.3, -0.25) is 9.67 Å². The monoisotopic (exact) mass is 232 g/mol. The fourth-order valence-corrected chi connectivity index (χ4v) is 1.46. The summed E-state index contributed by atoms with van der Waals surface area (Å²) in [5.41, 5.74) is 0.966. The first-order valence-electron chi connectivity index (χ1n) is 5.60. The van der Waals surface area contributed by atoms with Gasteiger partial charge in [-0.15, -0.1) is 0 Å². The molecule has 0 aliphatic rings. The molecule has 0 spiro atoms. The largest absolute Gasteiger partial charge is 0.454 e. The third-order valence-electron chi connectivity index (χ3n) is 2.26. The lowest BCUT2D eigenvalue weighted by molar-refractivity contribution is 0.479. The van der Waals surface area contributed by atoms with Crippen molar-refractivity contribution in [2.45, 2.75) is 13.5 Å². The van der Waals surface area contributed by atoms with E-state index >= 15 is 0 Å². The minimum absolute atomic E-state index is 0.730. The van der Waals surface area contributed by atoms with Crippen molar-refractivity contribution in [2.75, 3.05) is 6.54 Å². The molecule has 0 fully saturated rings. The minimum atomic E-state index is 0.730. The second-order valence-electron chi connectivity index (χ2n) is 3.71. The first-order valence-corrected chi connectivity index (χ1v) is 5.60. The van der Waals surface area contributed by atoms with Crippen molar-refractivity contribution in [2.24, 2.45) is 7.05 Å². The van der Waals surface area contributed by atoms with Crippen molar-refractivity contribution in [1.29, 1.82) is 0 Å². The Balaban J connectivity index is 2.05. The molecule has 1 N–H and O–H groups in total. The zero-order valence-corrected chi connectivity index (χ0v) is 10.1. The second kappa shape index (κ2) is 5.45. The van der Waals surface area contributed by atoms with E-state index in [1.807, 2.05) is 25.4 Å². The van der Waals surface area contributed by atoms with E-state index in [1.165, 1.54) is 0 Å². The zero-order valence-electron chi connectivity index (χ0n) is 10.1. The minimum Gasteiger partial charge on any atom is -0.454 e. The van der Waals surface area contributed by atoms with Gasteiger partial charge in [0.15, 0.2) is 5.75 Å². The summed E-state index contributed by atoms with van der Waals surface area (Å²) in [7, 11) is 1.86. The summed E-state index contributed by atoms with van der Waals surface area (Å²) in [6.45, 7) is 3.74. The van der Waals surface area contributed by atoms with Crippen molar-refractivity contribution in [3.05, 3.63) is 36.4 Å². The molecule has 5 nitrogen and oxygen atoms in total. The summed E-state index contributed by atoms with van der Waals surface area (Å²) in [6.07, 6.45) is 5.26. The molecular formula is C12H16N4O. The summed E-state index contributed by atoms with van der Waals surface area (Å²) in [5.74, 6) is 1.51. The van der Waals surface area contributed by atoms with E-state index in [-0.39, 0.29) is 0 Å². The van der Waals surface area contributed by atoms with Crippen molar-refractivity contribution >= 4 is 0 Å². The third kappa shape index (κ3) is 3.29. The average molecular weight is 232 g/mol. The summed E-state index contributed by atoms with van der Waals surface area (Å²) >= 11 is 0. The molecule has 0 bridgehead atoms. The average Bonchev–Trinajstić information content (AvgIpc) is 2.73. The number of aromatic nitrogens is 3. The first-order chi connectivity index (χ1) is 8.28. The fourth-order valence-electron chi connectivity index (χ4n) is 1.46. The predicted octanol–water partition coefficient (Wildman–Crippen LogP) is 1.72. The van der Waals surface area contributed by atoms with E-state index < -0.39 is 0 Å². The topological polar surface area (TPSA) is 52.0 Å². The Morgan fingerprint density at radius 3 is 3.00 bits per heavy atom. The van der Waals surface area contributed by atoms with Crippen LogP contribution in [0.4, 0.5) is 0 Å². The maximum Gasteiger partial charge on any atom is 0.165 e. The van der Waals surface area contributed by atoms with Crippen LogP contribution in [0.2, 0.25) is 0 Å². The molecule has 90 valence electrons. The molecule has 2 aromatic heterocycles. The second-order valence-corrected chi connectivity index (χ2v) is 3.71. The number of nitrogens with one attached hydrogen (secondary N) is 1. The Bertz CT molecular complexity index is 481. The van der Waals surface area contributed by atoms with Crippen LogP contribution in [-0.2, 0) is 13.6 Å². The van der Waals surface area contributed by atoms with Crippen molar-refractivity contribution in [3.8, 4) is 11.5 Å². The molecule has 0 aromatic carbocycles. The van der Waals surface area contributed by atoms with Crippen molar-refractivity contribution in [3.63, 3.8) is 0 Å². The maximum absolute atomic E-state index is 5.67. The Hall–Kier alpha value is -1.88. The van der Waals surface area contributed by atoms with E-state index in [9.17, 15) is 0 Å². The van der Waals surface area contributed by atoms with E-state index in [1.54, 1.807) is 17.1 Å². The molecule has 2 heterocycles. The van der Waals surface area contributed by atoms with Crippen LogP contribution in [0, 0.1) is 0 Å². The molecule has 0 radical (unpaired) electrons. The molecule has 2 aromatic rings. The summed E-state index contributed by atoms with van der Waals surface area (Å²) < 4.78 is 7.37. The molecule has 0 aliphatic heterocycles. The van der Waals surface area contributed by atoms with Gasteiger partial charge in [0, 0.05) is 25.9 Å². The van der Waals surface area contributed by atoms with E-state index in [0.29, 0.717) is 0 Å². The van der Waals surface area contributed by atoms with E-state index in [4.69, 9.17) is 4.74 Å². The molecule has 0 aliphatic carbocycles. The molecule has 0 saturated carbocycles. The summed E-state index contributed by atoms with van der Waals surface area (Å²) in [6, 6.07) is 3.76. The molecule has 5 heteroatoms. The smallest absolute Gasteiger partial charge is 0.165 e. The van der Waals surface area contributed by atoms with Crippen LogP contribution < -0.4 is 10.1 Å². The predicted molar refractivity (Wildman–Crippen MR) is 64.9 cm³/mol. The molecule has 2 rings (SSSR count).